The average Bonchev–Trinajstić information content (AvgIpc) is 2.99. The minimum atomic E-state index is -4.74. The molecule has 2 N–H and O–H groups in total. The van der Waals surface area contributed by atoms with Crippen LogP contribution in [0.2, 0.25) is 0 Å². The number of H-pyrrole nitrogens is 1. The first-order chi connectivity index (χ1) is 12.0. The minimum absolute atomic E-state index is 0.304. The lowest BCUT2D eigenvalue weighted by Gasteiger charge is -2.09. The number of alkyl halides is 3. The van der Waals surface area contributed by atoms with Crippen LogP contribution in [0.5, 0.6) is 5.75 Å². The highest BCUT2D eigenvalue weighted by atomic mass is 19.4. The van der Waals surface area contributed by atoms with Crippen molar-refractivity contribution in [3.05, 3.63) is 36.5 Å². The third-order valence-electron chi connectivity index (χ3n) is 3.34. The van der Waals surface area contributed by atoms with Crippen LogP contribution in [0, 0.1) is 0 Å². The fourth-order valence-corrected chi connectivity index (χ4v) is 2.31. The highest BCUT2D eigenvalue weighted by Crippen LogP contribution is 2.29. The van der Waals surface area contributed by atoms with Crippen molar-refractivity contribution in [2.24, 2.45) is 0 Å². The van der Waals surface area contributed by atoms with Gasteiger partial charge in [0.1, 0.15) is 17.1 Å². The summed E-state index contributed by atoms with van der Waals surface area (Å²) in [4.78, 5) is 11.7. The number of ether oxygens (including phenoxy) is 2. The number of hydrogen-bond acceptors (Lipinski definition) is 5. The summed E-state index contributed by atoms with van der Waals surface area (Å²) in [5.41, 5.74) is 1.78. The van der Waals surface area contributed by atoms with Crippen LogP contribution in [0.25, 0.3) is 22.4 Å². The molecule has 0 fully saturated rings. The Balaban J connectivity index is 1.91. The summed E-state index contributed by atoms with van der Waals surface area (Å²) >= 11 is 0. The maximum absolute atomic E-state index is 12.4. The Bertz CT molecular complexity index is 864. The smallest absolute Gasteiger partial charge is 0.406 e. The molecule has 0 aliphatic carbocycles. The zero-order valence-electron chi connectivity index (χ0n) is 13.2. The molecule has 0 saturated carbocycles. The van der Waals surface area contributed by atoms with Gasteiger partial charge in [0.25, 0.3) is 0 Å². The average molecular weight is 352 g/mol. The van der Waals surface area contributed by atoms with E-state index in [9.17, 15) is 13.2 Å². The van der Waals surface area contributed by atoms with E-state index < -0.39 is 6.36 Å². The van der Waals surface area contributed by atoms with E-state index in [1.54, 1.807) is 25.4 Å². The topological polar surface area (TPSA) is 72.1 Å². The van der Waals surface area contributed by atoms with Gasteiger partial charge in [0.05, 0.1) is 12.1 Å². The number of anilines is 1. The number of aromatic amines is 1. The van der Waals surface area contributed by atoms with Gasteiger partial charge in [0.15, 0.2) is 5.82 Å². The van der Waals surface area contributed by atoms with Gasteiger partial charge in [-0.1, -0.05) is 12.1 Å². The van der Waals surface area contributed by atoms with Crippen molar-refractivity contribution in [1.82, 2.24) is 15.0 Å². The molecule has 1 aromatic carbocycles. The summed E-state index contributed by atoms with van der Waals surface area (Å²) < 4.78 is 46.0. The van der Waals surface area contributed by atoms with E-state index in [4.69, 9.17) is 4.74 Å². The molecule has 2 aromatic heterocycles. The van der Waals surface area contributed by atoms with E-state index in [-0.39, 0.29) is 5.75 Å². The van der Waals surface area contributed by atoms with Gasteiger partial charge in [0, 0.05) is 25.4 Å². The van der Waals surface area contributed by atoms with Crippen LogP contribution in [0.4, 0.5) is 19.0 Å². The van der Waals surface area contributed by atoms with Crippen LogP contribution in [0.15, 0.2) is 36.5 Å². The van der Waals surface area contributed by atoms with E-state index in [1.165, 1.54) is 18.2 Å². The van der Waals surface area contributed by atoms with Crippen LogP contribution >= 0.6 is 0 Å². The molecule has 3 rings (SSSR count). The molecule has 0 aliphatic heterocycles. The Morgan fingerprint density at radius 2 is 2.08 bits per heavy atom. The number of nitrogens with zero attached hydrogens (tertiary/aromatic N) is 2. The standard InChI is InChI=1S/C16H15F3N4O2/c1-24-8-7-21-15-13-12(5-6-20-15)22-14(23-13)10-3-2-4-11(9-10)25-16(17,18)19/h2-6,9H,7-8H2,1H3,(H,20,21)(H,22,23). The second-order valence-electron chi connectivity index (χ2n) is 5.14. The van der Waals surface area contributed by atoms with Gasteiger partial charge < -0.3 is 19.8 Å². The number of pyridine rings is 1. The van der Waals surface area contributed by atoms with Crippen LogP contribution in [0.3, 0.4) is 0 Å². The molecule has 0 radical (unpaired) electrons. The molecular formula is C16H15F3N4O2. The van der Waals surface area contributed by atoms with E-state index >= 15 is 0 Å². The summed E-state index contributed by atoms with van der Waals surface area (Å²) in [5, 5.41) is 3.10. The van der Waals surface area contributed by atoms with Crippen molar-refractivity contribution >= 4 is 16.9 Å². The molecule has 0 bridgehead atoms. The fraction of sp³-hybridized carbons (Fsp3) is 0.250. The predicted octanol–water partition coefficient (Wildman–Crippen LogP) is 3.58. The first-order valence-corrected chi connectivity index (χ1v) is 7.40. The quantitative estimate of drug-likeness (QED) is 0.664. The molecule has 2 heterocycles. The second-order valence-corrected chi connectivity index (χ2v) is 5.14. The Labute approximate surface area is 141 Å². The van der Waals surface area contributed by atoms with E-state index in [0.29, 0.717) is 41.4 Å². The predicted molar refractivity (Wildman–Crippen MR) is 86.4 cm³/mol. The number of methoxy groups -OCH3 is 1. The van der Waals surface area contributed by atoms with E-state index in [1.807, 2.05) is 0 Å². The normalized spacial score (nSPS) is 11.7. The van der Waals surface area contributed by atoms with Gasteiger partial charge in [-0.3, -0.25) is 0 Å². The molecule has 6 nitrogen and oxygen atoms in total. The Hall–Kier alpha value is -2.81. The maximum Gasteiger partial charge on any atom is 0.573 e. The fourth-order valence-electron chi connectivity index (χ4n) is 2.31. The lowest BCUT2D eigenvalue weighted by atomic mass is 10.2. The maximum atomic E-state index is 12.4. The third-order valence-corrected chi connectivity index (χ3v) is 3.34. The zero-order chi connectivity index (χ0) is 17.9. The van der Waals surface area contributed by atoms with Crippen molar-refractivity contribution in [2.75, 3.05) is 25.6 Å². The molecule has 0 amide bonds. The number of benzene rings is 1. The van der Waals surface area contributed by atoms with Crippen molar-refractivity contribution in [3.8, 4) is 17.1 Å². The molecule has 0 aliphatic rings. The summed E-state index contributed by atoms with van der Waals surface area (Å²) in [6.45, 7) is 1.06. The molecule has 0 spiro atoms. The van der Waals surface area contributed by atoms with Gasteiger partial charge in [0.2, 0.25) is 0 Å². The molecule has 132 valence electrons. The van der Waals surface area contributed by atoms with Crippen LogP contribution in [0.1, 0.15) is 0 Å². The molecule has 3 aromatic rings. The number of nitrogens with one attached hydrogen (secondary N) is 2. The summed E-state index contributed by atoms with van der Waals surface area (Å²) in [5.74, 6) is 0.687. The lowest BCUT2D eigenvalue weighted by molar-refractivity contribution is -0.274. The molecule has 0 atom stereocenters. The van der Waals surface area contributed by atoms with Gasteiger partial charge >= 0.3 is 6.36 Å². The summed E-state index contributed by atoms with van der Waals surface area (Å²) in [6.07, 6.45) is -3.13. The van der Waals surface area contributed by atoms with Crippen molar-refractivity contribution in [2.45, 2.75) is 6.36 Å². The largest absolute Gasteiger partial charge is 0.573 e. The number of aromatic nitrogens is 3. The number of fused-ring (bicyclic) bond motifs is 1. The first-order valence-electron chi connectivity index (χ1n) is 7.40. The molecular weight excluding hydrogens is 337 g/mol. The SMILES string of the molecule is COCCNc1nccc2[nH]c(-c3cccc(OC(F)(F)F)c3)nc12. The Morgan fingerprint density at radius 3 is 2.84 bits per heavy atom. The Kier molecular flexibility index (Phi) is 4.75. The zero-order valence-corrected chi connectivity index (χ0v) is 13.2. The van der Waals surface area contributed by atoms with Crippen LogP contribution in [-0.2, 0) is 4.74 Å². The van der Waals surface area contributed by atoms with Crippen molar-refractivity contribution < 1.29 is 22.6 Å². The number of halogens is 3. The Morgan fingerprint density at radius 1 is 1.24 bits per heavy atom. The van der Waals surface area contributed by atoms with Crippen molar-refractivity contribution in [1.29, 1.82) is 0 Å². The highest BCUT2D eigenvalue weighted by molar-refractivity contribution is 5.88. The lowest BCUT2D eigenvalue weighted by Crippen LogP contribution is -2.17. The monoisotopic (exact) mass is 352 g/mol. The number of imidazole rings is 1. The molecule has 25 heavy (non-hydrogen) atoms. The molecule has 0 saturated heterocycles. The first kappa shape index (κ1) is 17.0. The molecule has 9 heteroatoms. The van der Waals surface area contributed by atoms with Gasteiger partial charge in [-0.05, 0) is 18.2 Å². The van der Waals surface area contributed by atoms with E-state index in [0.717, 1.165) is 0 Å². The van der Waals surface area contributed by atoms with Crippen LogP contribution < -0.4 is 10.1 Å². The van der Waals surface area contributed by atoms with Gasteiger partial charge in [-0.15, -0.1) is 13.2 Å². The van der Waals surface area contributed by atoms with E-state index in [2.05, 4.69) is 25.0 Å². The van der Waals surface area contributed by atoms with Crippen molar-refractivity contribution in [3.63, 3.8) is 0 Å². The number of hydrogen-bond donors (Lipinski definition) is 2. The third kappa shape index (κ3) is 4.18. The minimum Gasteiger partial charge on any atom is -0.406 e. The highest BCUT2D eigenvalue weighted by Gasteiger charge is 2.31. The number of rotatable bonds is 6. The van der Waals surface area contributed by atoms with Crippen LogP contribution in [-0.4, -0.2) is 41.6 Å². The van der Waals surface area contributed by atoms with Gasteiger partial charge in [-0.25, -0.2) is 9.97 Å². The summed E-state index contributed by atoms with van der Waals surface area (Å²) in [7, 11) is 1.60. The molecule has 0 unspecified atom stereocenters. The second kappa shape index (κ2) is 6.98. The summed E-state index contributed by atoms with van der Waals surface area (Å²) in [6, 6.07) is 7.37. The van der Waals surface area contributed by atoms with Gasteiger partial charge in [-0.2, -0.15) is 0 Å².